The Bertz CT molecular complexity index is 676. The fourth-order valence-corrected chi connectivity index (χ4v) is 2.64. The first-order chi connectivity index (χ1) is 11.2. The van der Waals surface area contributed by atoms with Gasteiger partial charge >= 0.3 is 6.03 Å². The molecule has 0 aliphatic carbocycles. The van der Waals surface area contributed by atoms with Crippen molar-refractivity contribution in [1.29, 1.82) is 0 Å². The average molecular weight is 310 g/mol. The molecule has 2 N–H and O–H groups in total. The highest BCUT2D eigenvalue weighted by Gasteiger charge is 2.30. The van der Waals surface area contributed by atoms with E-state index in [2.05, 4.69) is 15.6 Å². The summed E-state index contributed by atoms with van der Waals surface area (Å²) in [6.45, 7) is 0.672. The fourth-order valence-electron chi connectivity index (χ4n) is 2.64. The predicted octanol–water partition coefficient (Wildman–Crippen LogP) is 2.40. The molecule has 118 valence electrons. The third kappa shape index (κ3) is 3.66. The minimum Gasteiger partial charge on any atom is -0.326 e. The molecule has 1 fully saturated rings. The number of nitrogens with zero attached hydrogens (tertiary/aromatic N) is 2. The molecule has 2 heterocycles. The lowest BCUT2D eigenvalue weighted by Gasteiger charge is -2.32. The standard InChI is InChI=1S/C17H18N4O2/c22-16-15(20-17(23)19-13-6-4-10-18-12-13)9-5-11-21(16)14-7-2-1-3-8-14/h1-4,6-8,10,12,15H,5,9,11H2,(H2,19,20,23). The van der Waals surface area contributed by atoms with Gasteiger partial charge in [-0.3, -0.25) is 9.78 Å². The Balaban J connectivity index is 1.63. The molecule has 0 bridgehead atoms. The Morgan fingerprint density at radius 3 is 2.74 bits per heavy atom. The van der Waals surface area contributed by atoms with E-state index in [1.165, 1.54) is 0 Å². The Labute approximate surface area is 134 Å². The maximum Gasteiger partial charge on any atom is 0.319 e. The molecule has 0 radical (unpaired) electrons. The molecule has 3 rings (SSSR count). The highest BCUT2D eigenvalue weighted by atomic mass is 16.2. The van der Waals surface area contributed by atoms with E-state index in [1.807, 2.05) is 30.3 Å². The number of anilines is 2. The summed E-state index contributed by atoms with van der Waals surface area (Å²) in [5.41, 5.74) is 1.45. The van der Waals surface area contributed by atoms with Crippen LogP contribution in [-0.2, 0) is 4.79 Å². The molecule has 1 unspecified atom stereocenters. The van der Waals surface area contributed by atoms with E-state index in [-0.39, 0.29) is 5.91 Å². The van der Waals surface area contributed by atoms with Crippen molar-refractivity contribution >= 4 is 23.3 Å². The van der Waals surface area contributed by atoms with Gasteiger partial charge < -0.3 is 15.5 Å². The molecule has 2 aromatic rings. The van der Waals surface area contributed by atoms with Crippen molar-refractivity contribution in [2.45, 2.75) is 18.9 Å². The lowest BCUT2D eigenvalue weighted by Crippen LogP contribution is -2.53. The van der Waals surface area contributed by atoms with Crippen molar-refractivity contribution < 1.29 is 9.59 Å². The number of para-hydroxylation sites is 1. The number of rotatable bonds is 3. The number of urea groups is 1. The normalized spacial score (nSPS) is 17.7. The number of nitrogens with one attached hydrogen (secondary N) is 2. The summed E-state index contributed by atoms with van der Waals surface area (Å²) < 4.78 is 0. The summed E-state index contributed by atoms with van der Waals surface area (Å²) in [7, 11) is 0. The third-order valence-electron chi connectivity index (χ3n) is 3.73. The topological polar surface area (TPSA) is 74.3 Å². The predicted molar refractivity (Wildman–Crippen MR) is 88.2 cm³/mol. The zero-order chi connectivity index (χ0) is 16.1. The summed E-state index contributed by atoms with van der Waals surface area (Å²) >= 11 is 0. The van der Waals surface area contributed by atoms with Crippen LogP contribution in [-0.4, -0.2) is 29.5 Å². The van der Waals surface area contributed by atoms with Gasteiger partial charge in [0.2, 0.25) is 5.91 Å². The van der Waals surface area contributed by atoms with Gasteiger partial charge in [0.25, 0.3) is 0 Å². The van der Waals surface area contributed by atoms with Crippen molar-refractivity contribution in [3.05, 3.63) is 54.9 Å². The van der Waals surface area contributed by atoms with E-state index in [4.69, 9.17) is 0 Å². The molecular weight excluding hydrogens is 292 g/mol. The summed E-state index contributed by atoms with van der Waals surface area (Å²) in [5, 5.41) is 5.43. The molecule has 1 aliphatic rings. The molecule has 0 saturated carbocycles. The summed E-state index contributed by atoms with van der Waals surface area (Å²) in [5.74, 6) is -0.0798. The Kier molecular flexibility index (Phi) is 4.52. The van der Waals surface area contributed by atoms with Gasteiger partial charge in [-0.25, -0.2) is 4.79 Å². The second kappa shape index (κ2) is 6.91. The van der Waals surface area contributed by atoms with Crippen LogP contribution in [0.15, 0.2) is 54.9 Å². The smallest absolute Gasteiger partial charge is 0.319 e. The largest absolute Gasteiger partial charge is 0.326 e. The fraction of sp³-hybridized carbons (Fsp3) is 0.235. The molecule has 23 heavy (non-hydrogen) atoms. The van der Waals surface area contributed by atoms with Crippen molar-refractivity contribution in [3.8, 4) is 0 Å². The van der Waals surface area contributed by atoms with E-state index in [0.29, 0.717) is 18.7 Å². The van der Waals surface area contributed by atoms with Crippen LogP contribution >= 0.6 is 0 Å². The van der Waals surface area contributed by atoms with Crippen LogP contribution in [0.3, 0.4) is 0 Å². The first kappa shape index (κ1) is 15.0. The molecule has 6 heteroatoms. The number of hydrogen-bond donors (Lipinski definition) is 2. The zero-order valence-corrected chi connectivity index (χ0v) is 12.6. The van der Waals surface area contributed by atoms with Crippen molar-refractivity contribution in [3.63, 3.8) is 0 Å². The molecule has 3 amide bonds. The number of pyridine rings is 1. The highest BCUT2D eigenvalue weighted by Crippen LogP contribution is 2.20. The summed E-state index contributed by atoms with van der Waals surface area (Å²) in [4.78, 5) is 30.3. The van der Waals surface area contributed by atoms with Crippen LogP contribution in [0.1, 0.15) is 12.8 Å². The second-order valence-electron chi connectivity index (χ2n) is 5.36. The summed E-state index contributed by atoms with van der Waals surface area (Å²) in [6, 6.07) is 12.1. The number of aromatic nitrogens is 1. The molecule has 1 atom stereocenters. The molecule has 1 aliphatic heterocycles. The number of benzene rings is 1. The third-order valence-corrected chi connectivity index (χ3v) is 3.73. The molecular formula is C17H18N4O2. The number of carbonyl (C=O) groups excluding carboxylic acids is 2. The van der Waals surface area contributed by atoms with Crippen LogP contribution in [0.4, 0.5) is 16.2 Å². The van der Waals surface area contributed by atoms with E-state index < -0.39 is 12.1 Å². The molecule has 6 nitrogen and oxygen atoms in total. The van der Waals surface area contributed by atoms with E-state index in [9.17, 15) is 9.59 Å². The van der Waals surface area contributed by atoms with Gasteiger partial charge in [-0.05, 0) is 37.1 Å². The first-order valence-corrected chi connectivity index (χ1v) is 7.58. The first-order valence-electron chi connectivity index (χ1n) is 7.58. The molecule has 1 aromatic carbocycles. The Hall–Kier alpha value is -2.89. The molecule has 0 spiro atoms. The van der Waals surface area contributed by atoms with Crippen molar-refractivity contribution in [2.75, 3.05) is 16.8 Å². The number of carbonyl (C=O) groups is 2. The molecule has 1 saturated heterocycles. The number of piperidine rings is 1. The monoisotopic (exact) mass is 310 g/mol. The van der Waals surface area contributed by atoms with Gasteiger partial charge in [-0.1, -0.05) is 18.2 Å². The van der Waals surface area contributed by atoms with E-state index in [0.717, 1.165) is 12.1 Å². The van der Waals surface area contributed by atoms with Crippen LogP contribution < -0.4 is 15.5 Å². The lowest BCUT2D eigenvalue weighted by molar-refractivity contribution is -0.121. The summed E-state index contributed by atoms with van der Waals surface area (Å²) in [6.07, 6.45) is 4.67. The van der Waals surface area contributed by atoms with Crippen LogP contribution in [0, 0.1) is 0 Å². The average Bonchev–Trinajstić information content (AvgIpc) is 2.58. The lowest BCUT2D eigenvalue weighted by atomic mass is 10.0. The Morgan fingerprint density at radius 1 is 1.17 bits per heavy atom. The molecule has 1 aromatic heterocycles. The minimum absolute atomic E-state index is 0.0798. The van der Waals surface area contributed by atoms with Gasteiger partial charge in [-0.2, -0.15) is 0 Å². The number of hydrogen-bond acceptors (Lipinski definition) is 3. The number of amides is 3. The highest BCUT2D eigenvalue weighted by molar-refractivity contribution is 6.01. The quantitative estimate of drug-likeness (QED) is 0.914. The van der Waals surface area contributed by atoms with Gasteiger partial charge in [0, 0.05) is 18.4 Å². The zero-order valence-electron chi connectivity index (χ0n) is 12.6. The maximum absolute atomic E-state index is 12.6. The van der Waals surface area contributed by atoms with Gasteiger partial charge in [0.1, 0.15) is 6.04 Å². The minimum atomic E-state index is -0.513. The van der Waals surface area contributed by atoms with Crippen LogP contribution in [0.25, 0.3) is 0 Å². The van der Waals surface area contributed by atoms with Gasteiger partial charge in [0.05, 0.1) is 11.9 Å². The van der Waals surface area contributed by atoms with Gasteiger partial charge in [-0.15, -0.1) is 0 Å². The van der Waals surface area contributed by atoms with Crippen molar-refractivity contribution in [2.24, 2.45) is 0 Å². The van der Waals surface area contributed by atoms with Crippen molar-refractivity contribution in [1.82, 2.24) is 10.3 Å². The van der Waals surface area contributed by atoms with E-state index in [1.54, 1.807) is 29.4 Å². The second-order valence-corrected chi connectivity index (χ2v) is 5.36. The SMILES string of the molecule is O=C(Nc1cccnc1)NC1CCCN(c2ccccc2)C1=O. The van der Waals surface area contributed by atoms with E-state index >= 15 is 0 Å². The van der Waals surface area contributed by atoms with Gasteiger partial charge in [0.15, 0.2) is 0 Å². The Morgan fingerprint density at radius 2 is 2.00 bits per heavy atom. The van der Waals surface area contributed by atoms with Crippen LogP contribution in [0.5, 0.6) is 0 Å². The van der Waals surface area contributed by atoms with Crippen LogP contribution in [0.2, 0.25) is 0 Å². The maximum atomic E-state index is 12.6.